The van der Waals surface area contributed by atoms with Crippen LogP contribution in [0.4, 0.5) is 5.69 Å². The third-order valence-corrected chi connectivity index (χ3v) is 5.65. The molecule has 1 unspecified atom stereocenters. The predicted octanol–water partition coefficient (Wildman–Crippen LogP) is 3.52. The van der Waals surface area contributed by atoms with Crippen LogP contribution in [0.3, 0.4) is 0 Å². The van der Waals surface area contributed by atoms with Gasteiger partial charge in [0.15, 0.2) is 0 Å². The van der Waals surface area contributed by atoms with Gasteiger partial charge < -0.3 is 15.5 Å². The fourth-order valence-electron chi connectivity index (χ4n) is 3.25. The number of likely N-dealkylation sites (tertiary alicyclic amines) is 1. The summed E-state index contributed by atoms with van der Waals surface area (Å²) in [6.45, 7) is 3.30. The number of unbranched alkanes of at least 4 members (excludes halogenated alkanes) is 1. The second-order valence-electron chi connectivity index (χ2n) is 6.81. The van der Waals surface area contributed by atoms with Gasteiger partial charge in [-0.3, -0.25) is 14.4 Å². The smallest absolute Gasteiger partial charge is 0.265 e. The van der Waals surface area contributed by atoms with Crippen LogP contribution in [-0.2, 0) is 4.79 Å². The lowest BCUT2D eigenvalue weighted by molar-refractivity contribution is -0.124. The molecule has 3 rings (SSSR count). The van der Waals surface area contributed by atoms with Crippen molar-refractivity contribution in [3.05, 3.63) is 52.2 Å². The Morgan fingerprint density at radius 1 is 1.18 bits per heavy atom. The minimum Gasteiger partial charge on any atom is -0.354 e. The van der Waals surface area contributed by atoms with Gasteiger partial charge in [-0.1, -0.05) is 19.4 Å². The van der Waals surface area contributed by atoms with Gasteiger partial charge in [0, 0.05) is 24.3 Å². The van der Waals surface area contributed by atoms with E-state index >= 15 is 0 Å². The lowest BCUT2D eigenvalue weighted by Gasteiger charge is -2.24. The Morgan fingerprint density at radius 2 is 1.96 bits per heavy atom. The van der Waals surface area contributed by atoms with Gasteiger partial charge in [-0.2, -0.15) is 0 Å². The van der Waals surface area contributed by atoms with Crippen molar-refractivity contribution in [2.75, 3.05) is 18.4 Å². The highest BCUT2D eigenvalue weighted by Gasteiger charge is 2.34. The van der Waals surface area contributed by atoms with Gasteiger partial charge in [0.1, 0.15) is 6.04 Å². The van der Waals surface area contributed by atoms with Crippen LogP contribution in [-0.4, -0.2) is 41.8 Å². The molecule has 2 N–H and O–H groups in total. The van der Waals surface area contributed by atoms with E-state index < -0.39 is 6.04 Å². The lowest BCUT2D eigenvalue weighted by atomic mass is 10.1. The molecule has 3 amide bonds. The van der Waals surface area contributed by atoms with Crippen molar-refractivity contribution >= 4 is 34.7 Å². The van der Waals surface area contributed by atoms with Crippen molar-refractivity contribution in [1.29, 1.82) is 0 Å². The van der Waals surface area contributed by atoms with E-state index in [0.29, 0.717) is 35.6 Å². The molecule has 1 aromatic carbocycles. The average molecular weight is 400 g/mol. The molecule has 148 valence electrons. The van der Waals surface area contributed by atoms with Gasteiger partial charge in [-0.05, 0) is 55.0 Å². The zero-order valence-electron chi connectivity index (χ0n) is 15.9. The Kier molecular flexibility index (Phi) is 6.81. The molecule has 1 saturated heterocycles. The van der Waals surface area contributed by atoms with Gasteiger partial charge in [-0.25, -0.2) is 0 Å². The van der Waals surface area contributed by atoms with Gasteiger partial charge in [0.2, 0.25) is 5.91 Å². The van der Waals surface area contributed by atoms with Gasteiger partial charge >= 0.3 is 0 Å². The van der Waals surface area contributed by atoms with Gasteiger partial charge in [0.05, 0.1) is 4.88 Å². The number of carbonyl (C=O) groups is 3. The molecule has 2 aromatic rings. The number of benzene rings is 1. The van der Waals surface area contributed by atoms with Crippen molar-refractivity contribution < 1.29 is 14.4 Å². The van der Waals surface area contributed by atoms with E-state index in [1.165, 1.54) is 11.3 Å². The predicted molar refractivity (Wildman–Crippen MR) is 111 cm³/mol. The van der Waals surface area contributed by atoms with E-state index in [0.717, 1.165) is 19.3 Å². The summed E-state index contributed by atoms with van der Waals surface area (Å²) in [5.41, 5.74) is 1.15. The summed E-state index contributed by atoms with van der Waals surface area (Å²) in [6, 6.07) is 10.00. The Hall–Kier alpha value is -2.67. The Morgan fingerprint density at radius 3 is 2.64 bits per heavy atom. The normalized spacial score (nSPS) is 16.0. The van der Waals surface area contributed by atoms with E-state index in [2.05, 4.69) is 17.6 Å². The zero-order chi connectivity index (χ0) is 19.9. The van der Waals surface area contributed by atoms with Crippen LogP contribution in [0, 0.1) is 0 Å². The maximum atomic E-state index is 12.9. The van der Waals surface area contributed by atoms with Crippen molar-refractivity contribution in [2.24, 2.45) is 0 Å². The molecule has 0 saturated carbocycles. The number of nitrogens with zero attached hydrogens (tertiary/aromatic N) is 1. The molecule has 0 radical (unpaired) electrons. The van der Waals surface area contributed by atoms with E-state index in [1.807, 2.05) is 11.4 Å². The first-order valence-corrected chi connectivity index (χ1v) is 10.5. The van der Waals surface area contributed by atoms with E-state index in [9.17, 15) is 14.4 Å². The Balaban J connectivity index is 1.62. The van der Waals surface area contributed by atoms with E-state index in [4.69, 9.17) is 0 Å². The van der Waals surface area contributed by atoms with Crippen LogP contribution in [0.5, 0.6) is 0 Å². The third kappa shape index (κ3) is 4.78. The number of hydrogen-bond acceptors (Lipinski definition) is 4. The topological polar surface area (TPSA) is 78.5 Å². The molecule has 7 heteroatoms. The van der Waals surface area contributed by atoms with Crippen LogP contribution in [0.15, 0.2) is 41.8 Å². The fraction of sp³-hybridized carbons (Fsp3) is 0.381. The first kappa shape index (κ1) is 20.1. The standard InChI is InChI=1S/C21H25N3O3S/c1-2-3-12-22-19(25)17-6-4-13-24(17)21(27)15-8-10-16(11-9-15)23-20(26)18-7-5-14-28-18/h5,7-11,14,17H,2-4,6,12-13H2,1H3,(H,22,25)(H,23,26). The maximum Gasteiger partial charge on any atom is 0.265 e. The number of hydrogen-bond donors (Lipinski definition) is 2. The average Bonchev–Trinajstić information content (AvgIpc) is 3.40. The summed E-state index contributed by atoms with van der Waals surface area (Å²) in [7, 11) is 0. The number of carbonyl (C=O) groups excluding carboxylic acids is 3. The molecule has 1 atom stereocenters. The monoisotopic (exact) mass is 399 g/mol. The van der Waals surface area contributed by atoms with Gasteiger partial charge in [-0.15, -0.1) is 11.3 Å². The molecule has 6 nitrogen and oxygen atoms in total. The molecular weight excluding hydrogens is 374 g/mol. The number of thiophene rings is 1. The molecule has 1 aromatic heterocycles. The molecular formula is C21H25N3O3S. The first-order valence-electron chi connectivity index (χ1n) is 9.63. The van der Waals surface area contributed by atoms with Crippen LogP contribution >= 0.6 is 11.3 Å². The molecule has 0 bridgehead atoms. The van der Waals surface area contributed by atoms with Crippen LogP contribution < -0.4 is 10.6 Å². The second kappa shape index (κ2) is 9.50. The number of amides is 3. The molecule has 1 aliphatic heterocycles. The van der Waals surface area contributed by atoms with Crippen LogP contribution in [0.25, 0.3) is 0 Å². The van der Waals surface area contributed by atoms with E-state index in [-0.39, 0.29) is 17.7 Å². The quantitative estimate of drug-likeness (QED) is 0.699. The fourth-order valence-corrected chi connectivity index (χ4v) is 3.87. The molecule has 28 heavy (non-hydrogen) atoms. The number of anilines is 1. The number of rotatable bonds is 7. The summed E-state index contributed by atoms with van der Waals surface area (Å²) in [4.78, 5) is 39.7. The molecule has 0 aliphatic carbocycles. The Labute approximate surface area is 168 Å². The largest absolute Gasteiger partial charge is 0.354 e. The summed E-state index contributed by atoms with van der Waals surface area (Å²) >= 11 is 1.37. The van der Waals surface area contributed by atoms with Crippen LogP contribution in [0.1, 0.15) is 52.6 Å². The van der Waals surface area contributed by atoms with Crippen LogP contribution in [0.2, 0.25) is 0 Å². The van der Waals surface area contributed by atoms with Crippen molar-refractivity contribution in [1.82, 2.24) is 10.2 Å². The molecule has 1 fully saturated rings. The van der Waals surface area contributed by atoms with Crippen molar-refractivity contribution in [2.45, 2.75) is 38.6 Å². The van der Waals surface area contributed by atoms with E-state index in [1.54, 1.807) is 35.2 Å². The summed E-state index contributed by atoms with van der Waals surface area (Å²) in [5.74, 6) is -0.388. The lowest BCUT2D eigenvalue weighted by Crippen LogP contribution is -2.46. The molecule has 0 spiro atoms. The highest BCUT2D eigenvalue weighted by molar-refractivity contribution is 7.12. The minimum atomic E-state index is -0.400. The Bertz CT molecular complexity index is 818. The highest BCUT2D eigenvalue weighted by Crippen LogP contribution is 2.22. The number of nitrogens with one attached hydrogen (secondary N) is 2. The second-order valence-corrected chi connectivity index (χ2v) is 7.76. The SMILES string of the molecule is CCCCNC(=O)C1CCCN1C(=O)c1ccc(NC(=O)c2cccs2)cc1. The van der Waals surface area contributed by atoms with Gasteiger partial charge in [0.25, 0.3) is 11.8 Å². The molecule has 1 aliphatic rings. The molecule has 2 heterocycles. The highest BCUT2D eigenvalue weighted by atomic mass is 32.1. The summed E-state index contributed by atoms with van der Waals surface area (Å²) < 4.78 is 0. The zero-order valence-corrected chi connectivity index (χ0v) is 16.8. The summed E-state index contributed by atoms with van der Waals surface area (Å²) in [6.07, 6.45) is 3.47. The minimum absolute atomic E-state index is 0.0702. The van der Waals surface area contributed by atoms with Crippen molar-refractivity contribution in [3.8, 4) is 0 Å². The van der Waals surface area contributed by atoms with Crippen molar-refractivity contribution in [3.63, 3.8) is 0 Å². The third-order valence-electron chi connectivity index (χ3n) is 4.78. The maximum absolute atomic E-state index is 12.9. The summed E-state index contributed by atoms with van der Waals surface area (Å²) in [5, 5.41) is 7.59. The first-order chi connectivity index (χ1) is 13.6.